The first-order valence-electron chi connectivity index (χ1n) is 5.23. The largest absolute Gasteiger partial charge is 0.310 e. The fourth-order valence-electron chi connectivity index (χ4n) is 1.57. The normalized spacial score (nSPS) is 15.8. The molecule has 2 heteroatoms. The van der Waals surface area contributed by atoms with Crippen LogP contribution in [-0.4, -0.2) is 33.6 Å². The second kappa shape index (κ2) is 5.61. The Hall–Kier alpha value is -0.0831. The molecule has 0 aliphatic carbocycles. The van der Waals surface area contributed by atoms with E-state index in [0.717, 1.165) is 0 Å². The highest BCUT2D eigenvalue weighted by molar-refractivity contribution is 6.85. The van der Waals surface area contributed by atoms with E-state index in [1.54, 1.807) is 0 Å². The van der Waals surface area contributed by atoms with Crippen LogP contribution in [0.15, 0.2) is 11.8 Å². The Kier molecular flexibility index (Phi) is 5.57. The molecule has 0 aromatic rings. The van der Waals surface area contributed by atoms with Crippen LogP contribution < -0.4 is 0 Å². The van der Waals surface area contributed by atoms with Gasteiger partial charge in [0.1, 0.15) is 0 Å². The van der Waals surface area contributed by atoms with E-state index in [0.29, 0.717) is 0 Å². The highest BCUT2D eigenvalue weighted by Gasteiger charge is 2.26. The molecule has 0 aliphatic heterocycles. The van der Waals surface area contributed by atoms with E-state index in [4.69, 9.17) is 0 Å². The molecule has 0 amide bonds. The standard InChI is InChI=1S/C11H25NSi/c1-7-9-13(6,11(2)3)10-8-12(4)5/h2,7-10H2,1,3-6H3. The van der Waals surface area contributed by atoms with Crippen molar-refractivity contribution in [1.29, 1.82) is 0 Å². The number of rotatable bonds is 6. The SMILES string of the molecule is C=C(C)[Si](C)(CCC)CCN(C)C. The van der Waals surface area contributed by atoms with Crippen molar-refractivity contribution >= 4 is 8.07 Å². The first kappa shape index (κ1) is 12.9. The molecule has 0 bridgehead atoms. The van der Waals surface area contributed by atoms with Crippen molar-refractivity contribution in [2.24, 2.45) is 0 Å². The van der Waals surface area contributed by atoms with Gasteiger partial charge in [-0.2, -0.15) is 0 Å². The molecule has 0 fully saturated rings. The van der Waals surface area contributed by atoms with Crippen LogP contribution in [0, 0.1) is 0 Å². The van der Waals surface area contributed by atoms with E-state index in [9.17, 15) is 0 Å². The first-order valence-corrected chi connectivity index (χ1v) is 8.14. The van der Waals surface area contributed by atoms with Gasteiger partial charge >= 0.3 is 0 Å². The minimum Gasteiger partial charge on any atom is -0.310 e. The summed E-state index contributed by atoms with van der Waals surface area (Å²) in [4.78, 5) is 2.28. The van der Waals surface area contributed by atoms with E-state index in [2.05, 4.69) is 46.0 Å². The lowest BCUT2D eigenvalue weighted by atomic mass is 10.6. The van der Waals surface area contributed by atoms with Crippen molar-refractivity contribution in [3.8, 4) is 0 Å². The predicted molar refractivity (Wildman–Crippen MR) is 64.9 cm³/mol. The van der Waals surface area contributed by atoms with E-state index >= 15 is 0 Å². The van der Waals surface area contributed by atoms with Gasteiger partial charge < -0.3 is 4.90 Å². The molecule has 0 N–H and O–H groups in total. The van der Waals surface area contributed by atoms with Crippen molar-refractivity contribution in [2.75, 3.05) is 20.6 Å². The first-order chi connectivity index (χ1) is 5.92. The van der Waals surface area contributed by atoms with Crippen LogP contribution in [0.2, 0.25) is 18.6 Å². The molecule has 78 valence electrons. The Bertz CT molecular complexity index is 165. The molecular weight excluding hydrogens is 174 g/mol. The molecule has 1 atom stereocenters. The Balaban J connectivity index is 4.16. The van der Waals surface area contributed by atoms with E-state index in [1.165, 1.54) is 30.3 Å². The summed E-state index contributed by atoms with van der Waals surface area (Å²) in [6.45, 7) is 12.4. The molecule has 0 radical (unpaired) electrons. The van der Waals surface area contributed by atoms with E-state index in [-0.39, 0.29) is 0 Å². The van der Waals surface area contributed by atoms with Gasteiger partial charge in [-0.3, -0.25) is 0 Å². The van der Waals surface area contributed by atoms with Crippen molar-refractivity contribution in [3.05, 3.63) is 11.8 Å². The molecule has 0 rings (SSSR count). The summed E-state index contributed by atoms with van der Waals surface area (Å²) < 4.78 is 0. The molecule has 0 saturated heterocycles. The van der Waals surface area contributed by atoms with Crippen LogP contribution in [0.4, 0.5) is 0 Å². The zero-order chi connectivity index (χ0) is 10.5. The molecule has 0 spiro atoms. The predicted octanol–water partition coefficient (Wildman–Crippen LogP) is 3.15. The fraction of sp³-hybridized carbons (Fsp3) is 0.818. The molecule has 0 heterocycles. The molecule has 0 aromatic heterocycles. The highest BCUT2D eigenvalue weighted by atomic mass is 28.3. The Morgan fingerprint density at radius 2 is 1.85 bits per heavy atom. The van der Waals surface area contributed by atoms with Crippen molar-refractivity contribution < 1.29 is 0 Å². The van der Waals surface area contributed by atoms with Gasteiger partial charge in [-0.1, -0.05) is 31.1 Å². The average Bonchev–Trinajstić information content (AvgIpc) is 2.01. The average molecular weight is 199 g/mol. The summed E-state index contributed by atoms with van der Waals surface area (Å²) in [5.74, 6) is 0. The number of nitrogens with zero attached hydrogens (tertiary/aromatic N) is 1. The minimum atomic E-state index is -1.13. The van der Waals surface area contributed by atoms with Gasteiger partial charge in [-0.15, -0.1) is 6.58 Å². The van der Waals surface area contributed by atoms with Crippen molar-refractivity contribution in [2.45, 2.75) is 38.9 Å². The molecular formula is C11H25NSi. The monoisotopic (exact) mass is 199 g/mol. The van der Waals surface area contributed by atoms with Gasteiger partial charge in [0.05, 0.1) is 8.07 Å². The number of allylic oxidation sites excluding steroid dienone is 1. The smallest absolute Gasteiger partial charge is 0.0786 e. The lowest BCUT2D eigenvalue weighted by Gasteiger charge is -2.29. The fourth-order valence-corrected chi connectivity index (χ4v) is 4.72. The minimum absolute atomic E-state index is 1.13. The van der Waals surface area contributed by atoms with Crippen LogP contribution >= 0.6 is 0 Å². The zero-order valence-electron chi connectivity index (χ0n) is 9.98. The van der Waals surface area contributed by atoms with Crippen LogP contribution in [0.5, 0.6) is 0 Å². The van der Waals surface area contributed by atoms with Crippen molar-refractivity contribution in [3.63, 3.8) is 0 Å². The third-order valence-corrected chi connectivity index (χ3v) is 7.93. The molecule has 0 aromatic carbocycles. The van der Waals surface area contributed by atoms with Gasteiger partial charge in [0.15, 0.2) is 0 Å². The lowest BCUT2D eigenvalue weighted by Crippen LogP contribution is -2.35. The summed E-state index contributed by atoms with van der Waals surface area (Å²) in [7, 11) is 3.18. The molecule has 0 saturated carbocycles. The van der Waals surface area contributed by atoms with Gasteiger partial charge in [-0.25, -0.2) is 0 Å². The molecule has 1 nitrogen and oxygen atoms in total. The summed E-state index contributed by atoms with van der Waals surface area (Å²) in [6, 6.07) is 2.76. The van der Waals surface area contributed by atoms with E-state index in [1.807, 2.05) is 0 Å². The van der Waals surface area contributed by atoms with Crippen LogP contribution in [0.25, 0.3) is 0 Å². The van der Waals surface area contributed by atoms with Gasteiger partial charge in [0.2, 0.25) is 0 Å². The lowest BCUT2D eigenvalue weighted by molar-refractivity contribution is 0.431. The maximum absolute atomic E-state index is 4.17. The number of hydrogen-bond acceptors (Lipinski definition) is 1. The second-order valence-corrected chi connectivity index (χ2v) is 9.62. The van der Waals surface area contributed by atoms with Crippen LogP contribution in [0.1, 0.15) is 20.3 Å². The summed E-state index contributed by atoms with van der Waals surface area (Å²) in [6.07, 6.45) is 1.31. The maximum Gasteiger partial charge on any atom is 0.0786 e. The van der Waals surface area contributed by atoms with Crippen LogP contribution in [0.3, 0.4) is 0 Å². The van der Waals surface area contributed by atoms with E-state index < -0.39 is 8.07 Å². The molecule has 0 aliphatic rings. The van der Waals surface area contributed by atoms with Gasteiger partial charge in [0, 0.05) is 0 Å². The molecule has 1 unspecified atom stereocenters. The Morgan fingerprint density at radius 1 is 1.31 bits per heavy atom. The highest BCUT2D eigenvalue weighted by Crippen LogP contribution is 2.24. The quantitative estimate of drug-likeness (QED) is 0.594. The molecule has 13 heavy (non-hydrogen) atoms. The Labute approximate surface area is 84.8 Å². The number of hydrogen-bond donors (Lipinski definition) is 0. The van der Waals surface area contributed by atoms with Gasteiger partial charge in [0.25, 0.3) is 0 Å². The van der Waals surface area contributed by atoms with Crippen LogP contribution in [-0.2, 0) is 0 Å². The maximum atomic E-state index is 4.17. The topological polar surface area (TPSA) is 3.24 Å². The van der Waals surface area contributed by atoms with Gasteiger partial charge in [-0.05, 0) is 33.6 Å². The third-order valence-electron chi connectivity index (χ3n) is 2.94. The third kappa shape index (κ3) is 4.63. The summed E-state index contributed by atoms with van der Waals surface area (Å²) in [5, 5.41) is 1.47. The summed E-state index contributed by atoms with van der Waals surface area (Å²) in [5.41, 5.74) is 0. The zero-order valence-corrected chi connectivity index (χ0v) is 11.0. The summed E-state index contributed by atoms with van der Waals surface area (Å²) >= 11 is 0. The second-order valence-electron chi connectivity index (χ2n) is 4.64. The Morgan fingerprint density at radius 3 is 2.15 bits per heavy atom. The van der Waals surface area contributed by atoms with Crippen molar-refractivity contribution in [1.82, 2.24) is 4.90 Å².